The van der Waals surface area contributed by atoms with Gasteiger partial charge >= 0.3 is 0 Å². The molecule has 0 N–H and O–H groups in total. The zero-order valence-electron chi connectivity index (χ0n) is 4.74. The topological polar surface area (TPSA) is 0 Å². The van der Waals surface area contributed by atoms with Crippen molar-refractivity contribution in [2.24, 2.45) is 0 Å². The normalized spacial score (nSPS) is 39.8. The van der Waals surface area contributed by atoms with Crippen LogP contribution in [0.15, 0.2) is 0 Å². The molecule has 4 heteroatoms. The maximum Gasteiger partial charge on any atom is 0.139 e. The summed E-state index contributed by atoms with van der Waals surface area (Å²) in [6.07, 6.45) is 1.33. The first-order valence-electron chi connectivity index (χ1n) is 3.07. The van der Waals surface area contributed by atoms with Crippen LogP contribution in [0.2, 0.25) is 17.8 Å². The van der Waals surface area contributed by atoms with Crippen LogP contribution in [0.5, 0.6) is 0 Å². The second-order valence-electron chi connectivity index (χ2n) is 2.36. The highest BCUT2D eigenvalue weighted by atomic mass is 35.6. The minimum Gasteiger partial charge on any atom is -0.172 e. The molecule has 48 valence electrons. The van der Waals surface area contributed by atoms with Crippen molar-refractivity contribution in [2.75, 3.05) is 0 Å². The van der Waals surface area contributed by atoms with Crippen LogP contribution in [0.3, 0.4) is 0 Å². The minimum absolute atomic E-state index is 0.750. The molecule has 0 aromatic heterocycles. The van der Waals surface area contributed by atoms with Crippen LogP contribution in [-0.4, -0.2) is 16.2 Å². The molecule has 0 amide bonds. The molecule has 0 nitrogen and oxygen atoms in total. The molecule has 1 rings (SSSR count). The zero-order valence-corrected chi connectivity index (χ0v) is 8.56. The average molecular weight is 185 g/mol. The van der Waals surface area contributed by atoms with Crippen molar-refractivity contribution < 1.29 is 0 Å². The Balaban J connectivity index is 2.23. The summed E-state index contributed by atoms with van der Waals surface area (Å²) in [6, 6.07) is 2.66. The van der Waals surface area contributed by atoms with Gasteiger partial charge in [0.2, 0.25) is 0 Å². The van der Waals surface area contributed by atoms with E-state index in [2.05, 4.69) is 0 Å². The Kier molecular flexibility index (Phi) is 2.89. The van der Waals surface area contributed by atoms with Crippen molar-refractivity contribution in [3.05, 3.63) is 0 Å². The highest BCUT2D eigenvalue weighted by Crippen LogP contribution is 2.23. The third-order valence-electron chi connectivity index (χ3n) is 1.55. The lowest BCUT2D eigenvalue weighted by Gasteiger charge is -2.16. The van der Waals surface area contributed by atoms with Crippen molar-refractivity contribution in [2.45, 2.75) is 24.2 Å². The summed E-state index contributed by atoms with van der Waals surface area (Å²) in [5, 5.41) is 0. The van der Waals surface area contributed by atoms with Crippen molar-refractivity contribution in [1.82, 2.24) is 0 Å². The first kappa shape index (κ1) is 7.12. The monoisotopic (exact) mass is 184 g/mol. The summed E-state index contributed by atoms with van der Waals surface area (Å²) in [4.78, 5) is 0. The molecule has 0 saturated carbocycles. The predicted molar refractivity (Wildman–Crippen MR) is 45.0 cm³/mol. The molecule has 2 unspecified atom stereocenters. The summed E-state index contributed by atoms with van der Waals surface area (Å²) in [5.74, 6) is 0. The number of hydrogen-bond donors (Lipinski definition) is 0. The Hall–Kier alpha value is 1.01. The fraction of sp³-hybridized carbons (Fsp3) is 1.00. The summed E-state index contributed by atoms with van der Waals surface area (Å²) in [5.41, 5.74) is 1.28. The van der Waals surface area contributed by atoms with E-state index in [0.717, 1.165) is 0 Å². The molecular weight excluding hydrogens is 175 g/mol. The van der Waals surface area contributed by atoms with E-state index in [1.165, 1.54) is 24.2 Å². The predicted octanol–water partition coefficient (Wildman–Crippen LogP) is 1.85. The van der Waals surface area contributed by atoms with Gasteiger partial charge in [-0.15, -0.1) is 0 Å². The van der Waals surface area contributed by atoms with E-state index in [1.54, 1.807) is 0 Å². The molecule has 1 aliphatic rings. The SMILES string of the molecule is Cl[SiH]1CCC[SiH](Cl)C1. The van der Waals surface area contributed by atoms with E-state index in [4.69, 9.17) is 22.2 Å². The number of rotatable bonds is 0. The Morgan fingerprint density at radius 3 is 1.75 bits per heavy atom. The van der Waals surface area contributed by atoms with Crippen LogP contribution < -0.4 is 0 Å². The molecule has 1 aliphatic heterocycles. The average Bonchev–Trinajstić information content (AvgIpc) is 1.64. The standard InChI is InChI=1S/C4H10Cl2Si2/c5-7-2-1-3-8(6)4-7/h7-8H,1-4H2. The summed E-state index contributed by atoms with van der Waals surface area (Å²) in [7, 11) is -1.50. The van der Waals surface area contributed by atoms with Gasteiger partial charge in [0, 0.05) is 0 Å². The minimum atomic E-state index is -0.750. The Bertz CT molecular complexity index is 70.4. The van der Waals surface area contributed by atoms with Crippen LogP contribution >= 0.6 is 22.2 Å². The molecule has 1 saturated heterocycles. The lowest BCUT2D eigenvalue weighted by atomic mass is 10.6. The Morgan fingerprint density at radius 2 is 1.50 bits per heavy atom. The molecular formula is C4H10Cl2Si2. The highest BCUT2D eigenvalue weighted by molar-refractivity contribution is 7.19. The lowest BCUT2D eigenvalue weighted by Crippen LogP contribution is -2.20. The fourth-order valence-corrected chi connectivity index (χ4v) is 12.6. The summed E-state index contributed by atoms with van der Waals surface area (Å²) in [6.45, 7) is 0. The van der Waals surface area contributed by atoms with E-state index in [1.807, 2.05) is 0 Å². The quantitative estimate of drug-likeness (QED) is 0.399. The molecule has 1 heterocycles. The first-order valence-corrected chi connectivity index (χ1v) is 9.83. The second-order valence-corrected chi connectivity index (χ2v) is 11.5. The maximum absolute atomic E-state index is 6.00. The van der Waals surface area contributed by atoms with Crippen LogP contribution in [0, 0.1) is 0 Å². The third-order valence-corrected chi connectivity index (χ3v) is 12.2. The highest BCUT2D eigenvalue weighted by Gasteiger charge is 2.20. The fourth-order valence-electron chi connectivity index (χ4n) is 1.07. The zero-order chi connectivity index (χ0) is 5.98. The van der Waals surface area contributed by atoms with Gasteiger partial charge in [-0.05, 0) is 17.8 Å². The van der Waals surface area contributed by atoms with Gasteiger partial charge in [0.1, 0.15) is 16.2 Å². The second kappa shape index (κ2) is 3.25. The van der Waals surface area contributed by atoms with Crippen molar-refractivity contribution in [3.63, 3.8) is 0 Å². The van der Waals surface area contributed by atoms with Crippen LogP contribution in [-0.2, 0) is 0 Å². The van der Waals surface area contributed by atoms with E-state index < -0.39 is 16.2 Å². The largest absolute Gasteiger partial charge is 0.172 e. The molecule has 0 spiro atoms. The first-order chi connectivity index (χ1) is 3.79. The van der Waals surface area contributed by atoms with Gasteiger partial charge in [-0.2, -0.15) is 22.2 Å². The summed E-state index contributed by atoms with van der Waals surface area (Å²) >= 11 is 12.0. The summed E-state index contributed by atoms with van der Waals surface area (Å²) < 4.78 is 0. The van der Waals surface area contributed by atoms with Gasteiger partial charge in [-0.1, -0.05) is 6.42 Å². The van der Waals surface area contributed by atoms with Gasteiger partial charge in [0.15, 0.2) is 0 Å². The number of hydrogen-bond acceptors (Lipinski definition) is 0. The van der Waals surface area contributed by atoms with E-state index in [0.29, 0.717) is 0 Å². The Labute approximate surface area is 62.8 Å². The van der Waals surface area contributed by atoms with Crippen LogP contribution in [0.1, 0.15) is 6.42 Å². The molecule has 0 radical (unpaired) electrons. The lowest BCUT2D eigenvalue weighted by molar-refractivity contribution is 1.03. The Morgan fingerprint density at radius 1 is 1.00 bits per heavy atom. The van der Waals surface area contributed by atoms with E-state index in [9.17, 15) is 0 Å². The van der Waals surface area contributed by atoms with E-state index >= 15 is 0 Å². The molecule has 0 bridgehead atoms. The van der Waals surface area contributed by atoms with Crippen molar-refractivity contribution >= 4 is 38.4 Å². The van der Waals surface area contributed by atoms with E-state index in [-0.39, 0.29) is 0 Å². The van der Waals surface area contributed by atoms with Crippen molar-refractivity contribution in [1.29, 1.82) is 0 Å². The van der Waals surface area contributed by atoms with Gasteiger partial charge in [0.05, 0.1) is 0 Å². The van der Waals surface area contributed by atoms with Gasteiger partial charge in [-0.25, -0.2) is 0 Å². The molecule has 0 aliphatic carbocycles. The molecule has 0 aromatic rings. The molecule has 2 atom stereocenters. The third kappa shape index (κ3) is 2.09. The van der Waals surface area contributed by atoms with Gasteiger partial charge < -0.3 is 0 Å². The van der Waals surface area contributed by atoms with Crippen LogP contribution in [0.4, 0.5) is 0 Å². The van der Waals surface area contributed by atoms with Gasteiger partial charge in [-0.3, -0.25) is 0 Å². The molecule has 1 fully saturated rings. The van der Waals surface area contributed by atoms with Gasteiger partial charge in [0.25, 0.3) is 0 Å². The van der Waals surface area contributed by atoms with Crippen LogP contribution in [0.25, 0.3) is 0 Å². The number of halogens is 2. The smallest absolute Gasteiger partial charge is 0.139 e. The molecule has 0 aromatic carbocycles. The van der Waals surface area contributed by atoms with Crippen molar-refractivity contribution in [3.8, 4) is 0 Å². The maximum atomic E-state index is 6.00. The molecule has 8 heavy (non-hydrogen) atoms.